The number of aryl methyl sites for hydroxylation is 2. The number of carbonyl (C=O) groups is 1. The molecule has 0 bridgehead atoms. The molecule has 1 N–H and O–H groups in total. The molecular weight excluding hydrogens is 382 g/mol. The summed E-state index contributed by atoms with van der Waals surface area (Å²) in [7, 11) is 1.96. The van der Waals surface area contributed by atoms with Gasteiger partial charge in [-0.2, -0.15) is 0 Å². The Labute approximate surface area is 174 Å². The van der Waals surface area contributed by atoms with Crippen LogP contribution >= 0.6 is 11.8 Å². The standard InChI is InChI=1S/C22H23N5OS/c1-15-7-6-10-18(16(15)2)27-12-11-23-22(27)29-14-21(28)24-13-20-25-17-8-4-5-9-19(17)26(20)3/h4-12H,13-14H2,1-3H3,(H,24,28). The molecule has 29 heavy (non-hydrogen) atoms. The van der Waals surface area contributed by atoms with Crippen molar-refractivity contribution in [1.29, 1.82) is 0 Å². The molecule has 0 saturated heterocycles. The topological polar surface area (TPSA) is 64.7 Å². The fraction of sp³-hybridized carbons (Fsp3) is 0.227. The molecule has 0 atom stereocenters. The smallest absolute Gasteiger partial charge is 0.230 e. The second kappa shape index (κ2) is 8.13. The van der Waals surface area contributed by atoms with Gasteiger partial charge in [-0.1, -0.05) is 36.0 Å². The highest BCUT2D eigenvalue weighted by atomic mass is 32.2. The Balaban J connectivity index is 1.40. The molecule has 6 nitrogen and oxygen atoms in total. The lowest BCUT2D eigenvalue weighted by atomic mass is 10.1. The van der Waals surface area contributed by atoms with Crippen LogP contribution in [0.25, 0.3) is 16.7 Å². The Hall–Kier alpha value is -3.06. The molecule has 0 saturated carbocycles. The summed E-state index contributed by atoms with van der Waals surface area (Å²) < 4.78 is 4.04. The van der Waals surface area contributed by atoms with Crippen LogP contribution in [0.15, 0.2) is 60.0 Å². The highest BCUT2D eigenvalue weighted by molar-refractivity contribution is 7.99. The van der Waals surface area contributed by atoms with E-state index < -0.39 is 0 Å². The van der Waals surface area contributed by atoms with Crippen molar-refractivity contribution < 1.29 is 4.79 Å². The summed E-state index contributed by atoms with van der Waals surface area (Å²) in [5.41, 5.74) is 5.52. The third-order valence-electron chi connectivity index (χ3n) is 5.10. The maximum Gasteiger partial charge on any atom is 0.230 e. The average Bonchev–Trinajstić information content (AvgIpc) is 3.31. The Kier molecular flexibility index (Phi) is 5.40. The number of nitrogens with one attached hydrogen (secondary N) is 1. The quantitative estimate of drug-likeness (QED) is 0.496. The largest absolute Gasteiger partial charge is 0.348 e. The normalized spacial score (nSPS) is 11.1. The molecule has 0 spiro atoms. The maximum atomic E-state index is 12.4. The van der Waals surface area contributed by atoms with E-state index in [1.165, 1.54) is 22.9 Å². The number of imidazole rings is 2. The van der Waals surface area contributed by atoms with Crippen molar-refractivity contribution in [3.05, 3.63) is 71.8 Å². The van der Waals surface area contributed by atoms with E-state index in [1.54, 1.807) is 6.20 Å². The zero-order chi connectivity index (χ0) is 20.4. The number of fused-ring (bicyclic) bond motifs is 1. The Morgan fingerprint density at radius 2 is 1.97 bits per heavy atom. The highest BCUT2D eigenvalue weighted by Gasteiger charge is 2.12. The molecule has 0 aliphatic carbocycles. The van der Waals surface area contributed by atoms with Crippen LogP contribution in [0.5, 0.6) is 0 Å². The highest BCUT2D eigenvalue weighted by Crippen LogP contribution is 2.24. The second-order valence-corrected chi connectivity index (χ2v) is 7.88. The summed E-state index contributed by atoms with van der Waals surface area (Å²) in [5, 5.41) is 3.77. The van der Waals surface area contributed by atoms with E-state index >= 15 is 0 Å². The van der Waals surface area contributed by atoms with Crippen LogP contribution in [-0.2, 0) is 18.4 Å². The zero-order valence-corrected chi connectivity index (χ0v) is 17.5. The van der Waals surface area contributed by atoms with E-state index in [2.05, 4.69) is 41.3 Å². The number of thioether (sulfide) groups is 1. The van der Waals surface area contributed by atoms with E-state index in [4.69, 9.17) is 0 Å². The van der Waals surface area contributed by atoms with Crippen LogP contribution < -0.4 is 5.32 Å². The fourth-order valence-electron chi connectivity index (χ4n) is 3.29. The molecule has 148 valence electrons. The first-order valence-corrected chi connectivity index (χ1v) is 10.4. The van der Waals surface area contributed by atoms with Crippen molar-refractivity contribution in [2.75, 3.05) is 5.75 Å². The van der Waals surface area contributed by atoms with Crippen LogP contribution in [0.2, 0.25) is 0 Å². The Morgan fingerprint density at radius 1 is 1.14 bits per heavy atom. The van der Waals surface area contributed by atoms with Gasteiger partial charge in [0.15, 0.2) is 5.16 Å². The molecule has 2 heterocycles. The van der Waals surface area contributed by atoms with Crippen LogP contribution in [-0.4, -0.2) is 30.8 Å². The number of nitrogens with zero attached hydrogens (tertiary/aromatic N) is 4. The fourth-order valence-corrected chi connectivity index (χ4v) is 4.08. The summed E-state index contributed by atoms with van der Waals surface area (Å²) in [6.07, 6.45) is 3.70. The second-order valence-electron chi connectivity index (χ2n) is 6.94. The number of carbonyl (C=O) groups excluding carboxylic acids is 1. The van der Waals surface area contributed by atoms with Gasteiger partial charge in [0, 0.05) is 19.4 Å². The van der Waals surface area contributed by atoms with Crippen molar-refractivity contribution in [3.63, 3.8) is 0 Å². The molecule has 0 fully saturated rings. The minimum absolute atomic E-state index is 0.0439. The number of benzene rings is 2. The first-order chi connectivity index (χ1) is 14.0. The number of hydrogen-bond acceptors (Lipinski definition) is 4. The summed E-state index contributed by atoms with van der Waals surface area (Å²) in [5.74, 6) is 1.09. The summed E-state index contributed by atoms with van der Waals surface area (Å²) in [6, 6.07) is 14.2. The number of aromatic nitrogens is 4. The summed E-state index contributed by atoms with van der Waals surface area (Å²) in [6.45, 7) is 4.59. The lowest BCUT2D eigenvalue weighted by Crippen LogP contribution is -2.26. The van der Waals surface area contributed by atoms with Crippen LogP contribution in [0.4, 0.5) is 0 Å². The molecule has 2 aromatic carbocycles. The predicted molar refractivity (Wildman–Crippen MR) is 116 cm³/mol. The molecule has 0 unspecified atom stereocenters. The van der Waals surface area contributed by atoms with Gasteiger partial charge in [0.2, 0.25) is 5.91 Å². The van der Waals surface area contributed by atoms with Gasteiger partial charge >= 0.3 is 0 Å². The Morgan fingerprint density at radius 3 is 2.79 bits per heavy atom. The van der Waals surface area contributed by atoms with Gasteiger partial charge in [0.25, 0.3) is 0 Å². The van der Waals surface area contributed by atoms with Crippen LogP contribution in [0, 0.1) is 13.8 Å². The minimum atomic E-state index is -0.0439. The monoisotopic (exact) mass is 405 g/mol. The average molecular weight is 406 g/mol. The van der Waals surface area contributed by atoms with Crippen molar-refractivity contribution in [1.82, 2.24) is 24.4 Å². The lowest BCUT2D eigenvalue weighted by molar-refractivity contribution is -0.118. The van der Waals surface area contributed by atoms with Crippen LogP contribution in [0.1, 0.15) is 17.0 Å². The summed E-state index contributed by atoms with van der Waals surface area (Å²) in [4.78, 5) is 21.4. The van der Waals surface area contributed by atoms with Gasteiger partial charge in [-0.15, -0.1) is 0 Å². The van der Waals surface area contributed by atoms with Crippen molar-refractivity contribution >= 4 is 28.7 Å². The molecule has 1 amide bonds. The van der Waals surface area contributed by atoms with Crippen LogP contribution in [0.3, 0.4) is 0 Å². The SMILES string of the molecule is Cc1cccc(-n2ccnc2SCC(=O)NCc2nc3ccccc3n2C)c1C. The molecule has 2 aromatic heterocycles. The van der Waals surface area contributed by atoms with E-state index in [0.717, 1.165) is 27.7 Å². The number of amides is 1. The van der Waals surface area contributed by atoms with Crippen molar-refractivity contribution in [2.24, 2.45) is 7.05 Å². The summed E-state index contributed by atoms with van der Waals surface area (Å²) >= 11 is 1.43. The molecular formula is C22H23N5OS. The van der Waals surface area contributed by atoms with Gasteiger partial charge in [-0.3, -0.25) is 9.36 Å². The number of rotatable bonds is 6. The third-order valence-corrected chi connectivity index (χ3v) is 6.06. The van der Waals surface area contributed by atoms with Gasteiger partial charge in [0.1, 0.15) is 5.82 Å². The van der Waals surface area contributed by atoms with Gasteiger partial charge < -0.3 is 9.88 Å². The van der Waals surface area contributed by atoms with Crippen molar-refractivity contribution in [3.8, 4) is 5.69 Å². The number of hydrogen-bond donors (Lipinski definition) is 1. The van der Waals surface area contributed by atoms with Gasteiger partial charge in [0.05, 0.1) is 29.0 Å². The van der Waals surface area contributed by atoms with Gasteiger partial charge in [-0.25, -0.2) is 9.97 Å². The minimum Gasteiger partial charge on any atom is -0.348 e. The van der Waals surface area contributed by atoms with Crippen molar-refractivity contribution in [2.45, 2.75) is 25.5 Å². The molecule has 4 rings (SSSR count). The third kappa shape index (κ3) is 3.91. The van der Waals surface area contributed by atoms with E-state index in [9.17, 15) is 4.79 Å². The molecule has 0 aliphatic rings. The van der Waals surface area contributed by atoms with E-state index in [0.29, 0.717) is 12.3 Å². The first kappa shape index (κ1) is 19.3. The van der Waals surface area contributed by atoms with E-state index in [1.807, 2.05) is 52.7 Å². The Bertz CT molecular complexity index is 1180. The van der Waals surface area contributed by atoms with E-state index in [-0.39, 0.29) is 5.91 Å². The zero-order valence-electron chi connectivity index (χ0n) is 16.7. The predicted octanol–water partition coefficient (Wildman–Crippen LogP) is 3.78. The molecule has 0 aliphatic heterocycles. The van der Waals surface area contributed by atoms with Gasteiger partial charge in [-0.05, 0) is 43.2 Å². The first-order valence-electron chi connectivity index (χ1n) is 9.44. The number of para-hydroxylation sites is 2. The molecule has 0 radical (unpaired) electrons. The molecule has 4 aromatic rings. The maximum absolute atomic E-state index is 12.4. The molecule has 7 heteroatoms. The lowest BCUT2D eigenvalue weighted by Gasteiger charge is -2.12.